The number of amides is 2. The zero-order valence-electron chi connectivity index (χ0n) is 12.8. The highest BCUT2D eigenvalue weighted by molar-refractivity contribution is 5.75. The highest BCUT2D eigenvalue weighted by Crippen LogP contribution is 2.19. The fourth-order valence-electron chi connectivity index (χ4n) is 3.20. The molecule has 0 aromatic rings. The number of carbonyl (C=O) groups is 2. The Morgan fingerprint density at radius 2 is 1.55 bits per heavy atom. The summed E-state index contributed by atoms with van der Waals surface area (Å²) in [6, 6.07) is 0. The van der Waals surface area contributed by atoms with Gasteiger partial charge in [0, 0.05) is 59.2 Å². The van der Waals surface area contributed by atoms with Crippen LogP contribution in [0, 0.1) is 5.92 Å². The first-order chi connectivity index (χ1) is 9.60. The Morgan fingerprint density at radius 1 is 0.950 bits per heavy atom. The fraction of sp³-hybridized carbons (Fsp3) is 0.867. The zero-order chi connectivity index (χ0) is 14.5. The van der Waals surface area contributed by atoms with Gasteiger partial charge in [0.05, 0.1) is 0 Å². The van der Waals surface area contributed by atoms with Crippen LogP contribution < -0.4 is 0 Å². The van der Waals surface area contributed by atoms with E-state index >= 15 is 0 Å². The third-order valence-corrected chi connectivity index (χ3v) is 4.60. The normalized spacial score (nSPS) is 22.1. The fourth-order valence-corrected chi connectivity index (χ4v) is 3.20. The van der Waals surface area contributed by atoms with Crippen molar-refractivity contribution in [1.29, 1.82) is 0 Å². The summed E-state index contributed by atoms with van der Waals surface area (Å²) in [7, 11) is 0. The third kappa shape index (κ3) is 3.95. The number of rotatable bonds is 3. The SMILES string of the molecule is CCC(=O)N1CCC(CN2CCN(C(C)=O)CC2)CC1. The van der Waals surface area contributed by atoms with Crippen molar-refractivity contribution < 1.29 is 9.59 Å². The summed E-state index contributed by atoms with van der Waals surface area (Å²) in [6.07, 6.45) is 2.87. The van der Waals surface area contributed by atoms with Crippen LogP contribution in [0.4, 0.5) is 0 Å². The predicted molar refractivity (Wildman–Crippen MR) is 78.3 cm³/mol. The van der Waals surface area contributed by atoms with Crippen molar-refractivity contribution in [2.24, 2.45) is 5.92 Å². The van der Waals surface area contributed by atoms with E-state index in [4.69, 9.17) is 0 Å². The Hall–Kier alpha value is -1.10. The van der Waals surface area contributed by atoms with Gasteiger partial charge in [-0.25, -0.2) is 0 Å². The van der Waals surface area contributed by atoms with Crippen LogP contribution in [0.1, 0.15) is 33.1 Å². The Bertz CT molecular complexity index is 343. The number of likely N-dealkylation sites (tertiary alicyclic amines) is 1. The van der Waals surface area contributed by atoms with Gasteiger partial charge in [0.1, 0.15) is 0 Å². The molecule has 0 radical (unpaired) electrons. The van der Waals surface area contributed by atoms with Gasteiger partial charge < -0.3 is 9.80 Å². The molecule has 0 saturated carbocycles. The van der Waals surface area contributed by atoms with Crippen LogP contribution in [0.15, 0.2) is 0 Å². The van der Waals surface area contributed by atoms with Crippen LogP contribution in [0.5, 0.6) is 0 Å². The third-order valence-electron chi connectivity index (χ3n) is 4.60. The summed E-state index contributed by atoms with van der Waals surface area (Å²) >= 11 is 0. The molecule has 2 fully saturated rings. The van der Waals surface area contributed by atoms with Gasteiger partial charge in [-0.2, -0.15) is 0 Å². The first-order valence-corrected chi connectivity index (χ1v) is 7.85. The van der Waals surface area contributed by atoms with Crippen molar-refractivity contribution in [2.75, 3.05) is 45.8 Å². The quantitative estimate of drug-likeness (QED) is 0.768. The van der Waals surface area contributed by atoms with Gasteiger partial charge in [0.25, 0.3) is 0 Å². The van der Waals surface area contributed by atoms with Gasteiger partial charge in [-0.05, 0) is 18.8 Å². The molecule has 20 heavy (non-hydrogen) atoms. The maximum Gasteiger partial charge on any atom is 0.222 e. The highest BCUT2D eigenvalue weighted by Gasteiger charge is 2.25. The predicted octanol–water partition coefficient (Wildman–Crippen LogP) is 0.799. The summed E-state index contributed by atoms with van der Waals surface area (Å²) in [5, 5.41) is 0. The lowest BCUT2D eigenvalue weighted by molar-refractivity contribution is -0.132. The molecule has 0 aromatic carbocycles. The van der Waals surface area contributed by atoms with Gasteiger partial charge >= 0.3 is 0 Å². The molecule has 2 rings (SSSR count). The number of piperazine rings is 1. The highest BCUT2D eigenvalue weighted by atomic mass is 16.2. The van der Waals surface area contributed by atoms with E-state index in [0.717, 1.165) is 58.7 Å². The van der Waals surface area contributed by atoms with Crippen molar-refractivity contribution in [2.45, 2.75) is 33.1 Å². The van der Waals surface area contributed by atoms with E-state index in [-0.39, 0.29) is 5.91 Å². The van der Waals surface area contributed by atoms with Crippen LogP contribution in [0.25, 0.3) is 0 Å². The van der Waals surface area contributed by atoms with E-state index in [1.54, 1.807) is 6.92 Å². The van der Waals surface area contributed by atoms with E-state index in [1.807, 2.05) is 16.7 Å². The van der Waals surface area contributed by atoms with E-state index in [1.165, 1.54) is 0 Å². The number of nitrogens with zero attached hydrogens (tertiary/aromatic N) is 3. The smallest absolute Gasteiger partial charge is 0.222 e. The number of carbonyl (C=O) groups excluding carboxylic acids is 2. The molecular formula is C15H27N3O2. The second kappa shape index (κ2) is 7.07. The zero-order valence-corrected chi connectivity index (χ0v) is 12.8. The van der Waals surface area contributed by atoms with Crippen molar-refractivity contribution >= 4 is 11.8 Å². The first kappa shape index (κ1) is 15.3. The molecule has 0 spiro atoms. The number of hydrogen-bond donors (Lipinski definition) is 0. The van der Waals surface area contributed by atoms with Gasteiger partial charge in [0.2, 0.25) is 11.8 Å². The summed E-state index contributed by atoms with van der Waals surface area (Å²) in [5.41, 5.74) is 0. The minimum absolute atomic E-state index is 0.191. The van der Waals surface area contributed by atoms with Crippen molar-refractivity contribution in [3.05, 3.63) is 0 Å². The average molecular weight is 281 g/mol. The van der Waals surface area contributed by atoms with E-state index in [0.29, 0.717) is 18.2 Å². The Kier molecular flexibility index (Phi) is 5.40. The molecule has 2 saturated heterocycles. The summed E-state index contributed by atoms with van der Waals surface area (Å²) in [6.45, 7) is 10.3. The molecule has 0 aliphatic carbocycles. The molecule has 5 nitrogen and oxygen atoms in total. The van der Waals surface area contributed by atoms with Crippen LogP contribution in [0.2, 0.25) is 0 Å². The monoisotopic (exact) mass is 281 g/mol. The minimum Gasteiger partial charge on any atom is -0.343 e. The van der Waals surface area contributed by atoms with Crippen LogP contribution in [0.3, 0.4) is 0 Å². The average Bonchev–Trinajstić information content (AvgIpc) is 2.48. The van der Waals surface area contributed by atoms with Crippen molar-refractivity contribution in [3.8, 4) is 0 Å². The van der Waals surface area contributed by atoms with E-state index in [2.05, 4.69) is 4.90 Å². The molecule has 5 heteroatoms. The van der Waals surface area contributed by atoms with E-state index in [9.17, 15) is 9.59 Å². The van der Waals surface area contributed by atoms with Crippen LogP contribution >= 0.6 is 0 Å². The molecule has 0 atom stereocenters. The van der Waals surface area contributed by atoms with Crippen molar-refractivity contribution in [3.63, 3.8) is 0 Å². The Balaban J connectivity index is 1.69. The lowest BCUT2D eigenvalue weighted by atomic mass is 9.95. The summed E-state index contributed by atoms with van der Waals surface area (Å²) < 4.78 is 0. The van der Waals surface area contributed by atoms with Crippen LogP contribution in [-0.2, 0) is 9.59 Å². The molecular weight excluding hydrogens is 254 g/mol. The van der Waals surface area contributed by atoms with Gasteiger partial charge in [-0.1, -0.05) is 6.92 Å². The lowest BCUT2D eigenvalue weighted by Gasteiger charge is -2.38. The molecule has 0 unspecified atom stereocenters. The minimum atomic E-state index is 0.191. The van der Waals surface area contributed by atoms with Gasteiger partial charge in [-0.3, -0.25) is 14.5 Å². The summed E-state index contributed by atoms with van der Waals surface area (Å²) in [4.78, 5) is 29.3. The molecule has 114 valence electrons. The molecule has 0 N–H and O–H groups in total. The molecule has 2 aliphatic heterocycles. The Labute approximate surface area is 121 Å². The molecule has 2 amide bonds. The maximum atomic E-state index is 11.6. The molecule has 2 aliphatic rings. The first-order valence-electron chi connectivity index (χ1n) is 7.85. The lowest BCUT2D eigenvalue weighted by Crippen LogP contribution is -2.50. The largest absolute Gasteiger partial charge is 0.343 e. The topological polar surface area (TPSA) is 43.9 Å². The van der Waals surface area contributed by atoms with Gasteiger partial charge in [-0.15, -0.1) is 0 Å². The van der Waals surface area contributed by atoms with Crippen LogP contribution in [-0.4, -0.2) is 72.3 Å². The second-order valence-corrected chi connectivity index (χ2v) is 5.98. The molecule has 0 aromatic heterocycles. The number of hydrogen-bond acceptors (Lipinski definition) is 3. The molecule has 2 heterocycles. The maximum absolute atomic E-state index is 11.6. The standard InChI is InChI=1S/C15H27N3O2/c1-3-15(20)18-6-4-14(5-7-18)12-16-8-10-17(11-9-16)13(2)19/h14H,3-12H2,1-2H3. The second-order valence-electron chi connectivity index (χ2n) is 5.98. The number of piperidine rings is 1. The van der Waals surface area contributed by atoms with E-state index < -0.39 is 0 Å². The van der Waals surface area contributed by atoms with Crippen molar-refractivity contribution in [1.82, 2.24) is 14.7 Å². The Morgan fingerprint density at radius 3 is 2.05 bits per heavy atom. The molecule has 0 bridgehead atoms. The summed E-state index contributed by atoms with van der Waals surface area (Å²) in [5.74, 6) is 1.19. The van der Waals surface area contributed by atoms with Gasteiger partial charge in [0.15, 0.2) is 0 Å².